The third-order valence-corrected chi connectivity index (χ3v) is 6.00. The average Bonchev–Trinajstić information content (AvgIpc) is 2.55. The van der Waals surface area contributed by atoms with Gasteiger partial charge in [-0.05, 0) is 30.5 Å². The summed E-state index contributed by atoms with van der Waals surface area (Å²) in [5.41, 5.74) is 0.950. The van der Waals surface area contributed by atoms with Crippen molar-refractivity contribution in [2.45, 2.75) is 36.6 Å². The fraction of sp³-hybridized carbons (Fsp3) is 0.571. The zero-order valence-corrected chi connectivity index (χ0v) is 11.2. The smallest absolute Gasteiger partial charge is 0.180 e. The van der Waals surface area contributed by atoms with Crippen LogP contribution in [-0.4, -0.2) is 20.7 Å². The average molecular weight is 265 g/mol. The van der Waals surface area contributed by atoms with Gasteiger partial charge in [-0.3, -0.25) is 0 Å². The summed E-state index contributed by atoms with van der Waals surface area (Å²) in [6.07, 6.45) is 5.24. The van der Waals surface area contributed by atoms with Gasteiger partial charge < -0.3 is 5.32 Å². The van der Waals surface area contributed by atoms with E-state index < -0.39 is 9.84 Å². The van der Waals surface area contributed by atoms with Crippen molar-refractivity contribution in [3.05, 3.63) is 29.8 Å². The highest BCUT2D eigenvalue weighted by atomic mass is 32.2. The second-order valence-corrected chi connectivity index (χ2v) is 7.41. The summed E-state index contributed by atoms with van der Waals surface area (Å²) >= 11 is 0. The third-order valence-electron chi connectivity index (χ3n) is 4.18. The fourth-order valence-corrected chi connectivity index (χ4v) is 4.63. The van der Waals surface area contributed by atoms with Crippen molar-refractivity contribution in [3.8, 4) is 0 Å². The Morgan fingerprint density at radius 2 is 2.00 bits per heavy atom. The number of benzene rings is 1. The number of hydrogen-bond acceptors (Lipinski definition) is 3. The standard InChI is InChI=1S/C14H19NO2S/c16-18(17)10-13(12-6-1-2-7-14(12)18)15-9-8-11-4-3-5-11/h1-2,6-7,11,13,15H,3-5,8-10H2. The van der Waals surface area contributed by atoms with Crippen LogP contribution in [0.3, 0.4) is 0 Å². The van der Waals surface area contributed by atoms with E-state index in [4.69, 9.17) is 0 Å². The molecule has 1 saturated carbocycles. The molecule has 1 aliphatic heterocycles. The van der Waals surface area contributed by atoms with Crippen LogP contribution in [0.5, 0.6) is 0 Å². The molecule has 18 heavy (non-hydrogen) atoms. The van der Waals surface area contributed by atoms with E-state index in [1.54, 1.807) is 12.1 Å². The first kappa shape index (κ1) is 12.2. The molecule has 3 rings (SSSR count). The molecule has 2 aliphatic rings. The Balaban J connectivity index is 1.67. The molecule has 0 saturated heterocycles. The van der Waals surface area contributed by atoms with Gasteiger partial charge in [-0.2, -0.15) is 0 Å². The molecule has 1 aliphatic carbocycles. The Labute approximate surface area is 109 Å². The Bertz CT molecular complexity index is 534. The summed E-state index contributed by atoms with van der Waals surface area (Å²) in [6, 6.07) is 7.36. The molecule has 0 spiro atoms. The van der Waals surface area contributed by atoms with Crippen molar-refractivity contribution < 1.29 is 8.42 Å². The number of rotatable bonds is 4. The Morgan fingerprint density at radius 1 is 1.22 bits per heavy atom. The minimum atomic E-state index is -3.06. The van der Waals surface area contributed by atoms with Crippen molar-refractivity contribution in [2.75, 3.05) is 12.3 Å². The van der Waals surface area contributed by atoms with Crippen LogP contribution in [-0.2, 0) is 9.84 Å². The first-order chi connectivity index (χ1) is 8.67. The zero-order chi connectivity index (χ0) is 12.6. The van der Waals surface area contributed by atoms with Crippen LogP contribution in [0.1, 0.15) is 37.3 Å². The molecule has 0 amide bonds. The topological polar surface area (TPSA) is 46.2 Å². The molecule has 1 fully saturated rings. The lowest BCUT2D eigenvalue weighted by Gasteiger charge is -2.26. The molecule has 1 N–H and O–H groups in total. The van der Waals surface area contributed by atoms with Gasteiger partial charge in [-0.1, -0.05) is 37.5 Å². The van der Waals surface area contributed by atoms with E-state index in [-0.39, 0.29) is 11.8 Å². The van der Waals surface area contributed by atoms with Crippen molar-refractivity contribution in [1.82, 2.24) is 5.32 Å². The Hall–Kier alpha value is -0.870. The fourth-order valence-electron chi connectivity index (χ4n) is 2.86. The Morgan fingerprint density at radius 3 is 2.72 bits per heavy atom. The highest BCUT2D eigenvalue weighted by Crippen LogP contribution is 2.33. The summed E-state index contributed by atoms with van der Waals surface area (Å²) in [4.78, 5) is 0.520. The molecular formula is C14H19NO2S. The highest BCUT2D eigenvalue weighted by Gasteiger charge is 2.33. The maximum atomic E-state index is 12.0. The molecule has 0 bridgehead atoms. The molecule has 0 aromatic heterocycles. The van der Waals surface area contributed by atoms with Crippen LogP contribution in [0.25, 0.3) is 0 Å². The maximum Gasteiger partial charge on any atom is 0.180 e. The second-order valence-electron chi connectivity index (χ2n) is 5.41. The van der Waals surface area contributed by atoms with E-state index in [2.05, 4.69) is 5.32 Å². The van der Waals surface area contributed by atoms with Gasteiger partial charge in [-0.25, -0.2) is 8.42 Å². The minimum absolute atomic E-state index is 0.00808. The van der Waals surface area contributed by atoms with Crippen molar-refractivity contribution in [3.63, 3.8) is 0 Å². The number of hydrogen-bond donors (Lipinski definition) is 1. The van der Waals surface area contributed by atoms with Crippen LogP contribution >= 0.6 is 0 Å². The summed E-state index contributed by atoms with van der Waals surface area (Å²) in [5, 5.41) is 3.41. The summed E-state index contributed by atoms with van der Waals surface area (Å²) < 4.78 is 24.0. The van der Waals surface area contributed by atoms with E-state index in [0.29, 0.717) is 4.90 Å². The Kier molecular flexibility index (Phi) is 3.16. The highest BCUT2D eigenvalue weighted by molar-refractivity contribution is 7.91. The van der Waals surface area contributed by atoms with E-state index in [0.717, 1.165) is 18.0 Å². The predicted octanol–water partition coefficient (Wildman–Crippen LogP) is 2.29. The molecule has 1 unspecified atom stereocenters. The van der Waals surface area contributed by atoms with Crippen LogP contribution in [0.15, 0.2) is 29.2 Å². The quantitative estimate of drug-likeness (QED) is 0.908. The van der Waals surface area contributed by atoms with Gasteiger partial charge in [-0.15, -0.1) is 0 Å². The van der Waals surface area contributed by atoms with Crippen LogP contribution in [0.4, 0.5) is 0 Å². The molecule has 4 heteroatoms. The number of sulfone groups is 1. The minimum Gasteiger partial charge on any atom is -0.309 e. The zero-order valence-electron chi connectivity index (χ0n) is 10.4. The van der Waals surface area contributed by atoms with Crippen LogP contribution in [0, 0.1) is 5.92 Å². The molecule has 98 valence electrons. The molecule has 3 nitrogen and oxygen atoms in total. The monoisotopic (exact) mass is 265 g/mol. The van der Waals surface area contributed by atoms with Crippen LogP contribution < -0.4 is 5.32 Å². The largest absolute Gasteiger partial charge is 0.309 e. The number of nitrogens with one attached hydrogen (secondary N) is 1. The number of fused-ring (bicyclic) bond motifs is 1. The van der Waals surface area contributed by atoms with Gasteiger partial charge in [0.05, 0.1) is 10.6 Å². The molecule has 1 atom stereocenters. The van der Waals surface area contributed by atoms with Gasteiger partial charge >= 0.3 is 0 Å². The van der Waals surface area contributed by atoms with Gasteiger partial charge in [0.1, 0.15) is 0 Å². The van der Waals surface area contributed by atoms with Gasteiger partial charge in [0.25, 0.3) is 0 Å². The first-order valence-electron chi connectivity index (χ1n) is 6.72. The summed E-state index contributed by atoms with van der Waals surface area (Å²) in [6.45, 7) is 0.930. The van der Waals surface area contributed by atoms with Crippen molar-refractivity contribution in [1.29, 1.82) is 0 Å². The van der Waals surface area contributed by atoms with E-state index >= 15 is 0 Å². The van der Waals surface area contributed by atoms with E-state index in [1.807, 2.05) is 12.1 Å². The van der Waals surface area contributed by atoms with Gasteiger partial charge in [0.15, 0.2) is 9.84 Å². The van der Waals surface area contributed by atoms with E-state index in [1.165, 1.54) is 25.7 Å². The SMILES string of the molecule is O=S1(=O)CC(NCCC2CCC2)c2ccccc21. The normalized spacial score (nSPS) is 25.7. The predicted molar refractivity (Wildman–Crippen MR) is 71.2 cm³/mol. The third kappa shape index (κ3) is 2.19. The summed E-state index contributed by atoms with van der Waals surface area (Å²) in [7, 11) is -3.06. The van der Waals surface area contributed by atoms with Crippen molar-refractivity contribution in [2.24, 2.45) is 5.92 Å². The molecular weight excluding hydrogens is 246 g/mol. The second kappa shape index (κ2) is 4.67. The molecule has 1 heterocycles. The lowest BCUT2D eigenvalue weighted by atomic mass is 9.83. The summed E-state index contributed by atoms with van der Waals surface area (Å²) in [5.74, 6) is 1.09. The molecule has 1 aromatic rings. The maximum absolute atomic E-state index is 12.0. The van der Waals surface area contributed by atoms with Crippen LogP contribution in [0.2, 0.25) is 0 Å². The van der Waals surface area contributed by atoms with E-state index in [9.17, 15) is 8.42 Å². The lowest BCUT2D eigenvalue weighted by molar-refractivity contribution is 0.289. The first-order valence-corrected chi connectivity index (χ1v) is 8.37. The lowest BCUT2D eigenvalue weighted by Crippen LogP contribution is -2.26. The van der Waals surface area contributed by atoms with Gasteiger partial charge in [0.2, 0.25) is 0 Å². The molecule has 1 aromatic carbocycles. The molecule has 0 radical (unpaired) electrons. The van der Waals surface area contributed by atoms with Crippen molar-refractivity contribution >= 4 is 9.84 Å². The van der Waals surface area contributed by atoms with Gasteiger partial charge in [0, 0.05) is 6.04 Å².